The normalized spacial score (nSPS) is 10.6. The first-order valence-electron chi connectivity index (χ1n) is 8.16. The Morgan fingerprint density at radius 3 is 2.35 bits per heavy atom. The van der Waals surface area contributed by atoms with E-state index in [4.69, 9.17) is 0 Å². The Kier molecular flexibility index (Phi) is 4.03. The molecule has 5 heteroatoms. The standard InChI is InChI=1S/C21H15N3O2/c25-24(26)19-8-4-7-18(15-19)23-14-11-20(16-9-12-22-13-10-16)21(23)17-5-2-1-3-6-17/h1-15H. The fourth-order valence-electron chi connectivity index (χ4n) is 3.06. The highest BCUT2D eigenvalue weighted by Crippen LogP contribution is 2.35. The molecule has 0 spiro atoms. The van der Waals surface area contributed by atoms with Gasteiger partial charge in [0.05, 0.1) is 16.3 Å². The fraction of sp³-hybridized carbons (Fsp3) is 0. The summed E-state index contributed by atoms with van der Waals surface area (Å²) >= 11 is 0. The van der Waals surface area contributed by atoms with Crippen LogP contribution in [0.1, 0.15) is 0 Å². The molecule has 0 bridgehead atoms. The van der Waals surface area contributed by atoms with Gasteiger partial charge in [-0.2, -0.15) is 0 Å². The van der Waals surface area contributed by atoms with E-state index in [1.54, 1.807) is 24.5 Å². The molecule has 2 aromatic carbocycles. The van der Waals surface area contributed by atoms with Gasteiger partial charge in [0.15, 0.2) is 0 Å². The fourth-order valence-corrected chi connectivity index (χ4v) is 3.06. The molecule has 0 unspecified atom stereocenters. The van der Waals surface area contributed by atoms with Gasteiger partial charge in [-0.25, -0.2) is 0 Å². The van der Waals surface area contributed by atoms with Crippen LogP contribution >= 0.6 is 0 Å². The van der Waals surface area contributed by atoms with Crippen LogP contribution in [0.4, 0.5) is 5.69 Å². The molecular formula is C21H15N3O2. The quantitative estimate of drug-likeness (QED) is 0.382. The molecule has 126 valence electrons. The van der Waals surface area contributed by atoms with Crippen molar-refractivity contribution in [2.24, 2.45) is 0 Å². The molecule has 2 heterocycles. The van der Waals surface area contributed by atoms with E-state index in [-0.39, 0.29) is 10.6 Å². The Hall–Kier alpha value is -3.73. The summed E-state index contributed by atoms with van der Waals surface area (Å²) in [5.74, 6) is 0. The van der Waals surface area contributed by atoms with Crippen LogP contribution in [0.25, 0.3) is 28.1 Å². The number of rotatable bonds is 4. The third-order valence-corrected chi connectivity index (χ3v) is 4.24. The van der Waals surface area contributed by atoms with Crippen molar-refractivity contribution in [3.8, 4) is 28.1 Å². The van der Waals surface area contributed by atoms with E-state index in [0.717, 1.165) is 28.1 Å². The minimum Gasteiger partial charge on any atom is -0.316 e. The number of pyridine rings is 1. The number of benzene rings is 2. The van der Waals surface area contributed by atoms with Crippen molar-refractivity contribution in [1.82, 2.24) is 9.55 Å². The average molecular weight is 341 g/mol. The van der Waals surface area contributed by atoms with Crippen molar-refractivity contribution in [3.63, 3.8) is 0 Å². The number of non-ortho nitro benzene ring substituents is 1. The van der Waals surface area contributed by atoms with Crippen molar-refractivity contribution in [1.29, 1.82) is 0 Å². The lowest BCUT2D eigenvalue weighted by Gasteiger charge is -2.12. The van der Waals surface area contributed by atoms with Crippen LogP contribution in [0, 0.1) is 10.1 Å². The molecule has 0 aliphatic rings. The van der Waals surface area contributed by atoms with Gasteiger partial charge in [0.2, 0.25) is 0 Å². The number of hydrogen-bond acceptors (Lipinski definition) is 3. The third kappa shape index (κ3) is 2.86. The minimum atomic E-state index is -0.376. The van der Waals surface area contributed by atoms with E-state index < -0.39 is 0 Å². The van der Waals surface area contributed by atoms with Crippen molar-refractivity contribution in [2.45, 2.75) is 0 Å². The van der Waals surface area contributed by atoms with Gasteiger partial charge in [0, 0.05) is 36.3 Å². The maximum Gasteiger partial charge on any atom is 0.271 e. The number of nitro benzene ring substituents is 1. The summed E-state index contributed by atoms with van der Waals surface area (Å²) in [7, 11) is 0. The lowest BCUT2D eigenvalue weighted by atomic mass is 10.0. The van der Waals surface area contributed by atoms with Gasteiger partial charge < -0.3 is 4.57 Å². The minimum absolute atomic E-state index is 0.0701. The number of hydrogen-bond donors (Lipinski definition) is 0. The van der Waals surface area contributed by atoms with Gasteiger partial charge in [-0.3, -0.25) is 15.1 Å². The summed E-state index contributed by atoms with van der Waals surface area (Å²) in [4.78, 5) is 14.9. The van der Waals surface area contributed by atoms with Gasteiger partial charge in [0.25, 0.3) is 5.69 Å². The average Bonchev–Trinajstić information content (AvgIpc) is 3.14. The van der Waals surface area contributed by atoms with Crippen LogP contribution in [0.15, 0.2) is 91.4 Å². The largest absolute Gasteiger partial charge is 0.316 e. The van der Waals surface area contributed by atoms with E-state index in [2.05, 4.69) is 4.98 Å². The zero-order valence-corrected chi connectivity index (χ0v) is 13.8. The lowest BCUT2D eigenvalue weighted by molar-refractivity contribution is -0.384. The van der Waals surface area contributed by atoms with Crippen LogP contribution in [-0.4, -0.2) is 14.5 Å². The maximum absolute atomic E-state index is 11.2. The first-order chi connectivity index (χ1) is 12.7. The van der Waals surface area contributed by atoms with Crippen molar-refractivity contribution < 1.29 is 4.92 Å². The Balaban J connectivity index is 1.95. The second kappa shape index (κ2) is 6.64. The highest BCUT2D eigenvalue weighted by atomic mass is 16.6. The molecule has 0 amide bonds. The van der Waals surface area contributed by atoms with E-state index in [9.17, 15) is 10.1 Å². The Labute approximate surface area is 150 Å². The smallest absolute Gasteiger partial charge is 0.271 e. The summed E-state index contributed by atoms with van der Waals surface area (Å²) in [5.41, 5.74) is 4.93. The summed E-state index contributed by atoms with van der Waals surface area (Å²) in [6.45, 7) is 0. The maximum atomic E-state index is 11.2. The molecule has 0 aliphatic heterocycles. The van der Waals surface area contributed by atoms with E-state index in [1.807, 2.05) is 65.4 Å². The Morgan fingerprint density at radius 2 is 1.62 bits per heavy atom. The van der Waals surface area contributed by atoms with Gasteiger partial charge in [-0.05, 0) is 35.4 Å². The zero-order chi connectivity index (χ0) is 17.9. The van der Waals surface area contributed by atoms with Crippen molar-refractivity contribution >= 4 is 5.69 Å². The van der Waals surface area contributed by atoms with Crippen LogP contribution in [-0.2, 0) is 0 Å². The first-order valence-corrected chi connectivity index (χ1v) is 8.16. The number of nitro groups is 1. The van der Waals surface area contributed by atoms with Crippen LogP contribution in [0.5, 0.6) is 0 Å². The molecule has 4 aromatic rings. The zero-order valence-electron chi connectivity index (χ0n) is 13.8. The Bertz CT molecular complexity index is 1060. The van der Waals surface area contributed by atoms with Crippen LogP contribution in [0.2, 0.25) is 0 Å². The molecule has 5 nitrogen and oxygen atoms in total. The van der Waals surface area contributed by atoms with Gasteiger partial charge in [0.1, 0.15) is 0 Å². The molecule has 26 heavy (non-hydrogen) atoms. The monoisotopic (exact) mass is 341 g/mol. The topological polar surface area (TPSA) is 61.0 Å². The predicted molar refractivity (Wildman–Crippen MR) is 101 cm³/mol. The molecular weight excluding hydrogens is 326 g/mol. The number of nitrogens with zero attached hydrogens (tertiary/aromatic N) is 3. The first kappa shape index (κ1) is 15.8. The molecule has 2 aromatic heterocycles. The molecule has 0 aliphatic carbocycles. The van der Waals surface area contributed by atoms with E-state index in [0.29, 0.717) is 0 Å². The summed E-state index contributed by atoms with van der Waals surface area (Å²) in [6.07, 6.45) is 5.46. The molecule has 0 saturated carbocycles. The van der Waals surface area contributed by atoms with Gasteiger partial charge in [-0.1, -0.05) is 36.4 Å². The molecule has 4 rings (SSSR count). The number of aromatic nitrogens is 2. The van der Waals surface area contributed by atoms with E-state index in [1.165, 1.54) is 6.07 Å². The van der Waals surface area contributed by atoms with Gasteiger partial charge >= 0.3 is 0 Å². The molecule has 0 fully saturated rings. The molecule has 0 atom stereocenters. The third-order valence-electron chi connectivity index (χ3n) is 4.24. The second-order valence-corrected chi connectivity index (χ2v) is 5.83. The van der Waals surface area contributed by atoms with Crippen molar-refractivity contribution in [3.05, 3.63) is 102 Å². The van der Waals surface area contributed by atoms with Crippen molar-refractivity contribution in [2.75, 3.05) is 0 Å². The lowest BCUT2D eigenvalue weighted by Crippen LogP contribution is -1.97. The summed E-state index contributed by atoms with van der Waals surface area (Å²) in [5, 5.41) is 11.2. The van der Waals surface area contributed by atoms with E-state index >= 15 is 0 Å². The molecule has 0 N–H and O–H groups in total. The molecule has 0 saturated heterocycles. The van der Waals surface area contributed by atoms with Gasteiger partial charge in [-0.15, -0.1) is 0 Å². The highest BCUT2D eigenvalue weighted by Gasteiger charge is 2.16. The second-order valence-electron chi connectivity index (χ2n) is 5.83. The van der Waals surface area contributed by atoms with Crippen LogP contribution < -0.4 is 0 Å². The SMILES string of the molecule is O=[N+]([O-])c1cccc(-n2ccc(-c3ccncc3)c2-c2ccccc2)c1. The Morgan fingerprint density at radius 1 is 0.846 bits per heavy atom. The van der Waals surface area contributed by atoms with Crippen LogP contribution in [0.3, 0.4) is 0 Å². The summed E-state index contributed by atoms with van der Waals surface area (Å²) in [6, 6.07) is 22.6. The highest BCUT2D eigenvalue weighted by molar-refractivity contribution is 5.83. The molecule has 0 radical (unpaired) electrons. The predicted octanol–water partition coefficient (Wildman–Crippen LogP) is 5.11. The summed E-state index contributed by atoms with van der Waals surface area (Å²) < 4.78 is 1.98.